The molecule has 1 rings (SSSR count). The van der Waals surface area contributed by atoms with E-state index in [1.807, 2.05) is 4.57 Å². The number of thioether (sulfide) groups is 1. The molecule has 0 atom stereocenters. The molecule has 6 nitrogen and oxygen atoms in total. The summed E-state index contributed by atoms with van der Waals surface area (Å²) in [5.74, 6) is 0.625. The first-order valence-corrected chi connectivity index (χ1v) is 7.64. The van der Waals surface area contributed by atoms with Crippen LogP contribution in [0.1, 0.15) is 25.5 Å². The minimum Gasteiger partial charge on any atom is -0.466 e. The largest absolute Gasteiger partial charge is 0.466 e. The van der Waals surface area contributed by atoms with E-state index in [9.17, 15) is 9.90 Å². The molecule has 0 aliphatic rings. The van der Waals surface area contributed by atoms with Crippen LogP contribution in [0, 0.1) is 0 Å². The number of rotatable bonds is 10. The highest BCUT2D eigenvalue weighted by Crippen LogP contribution is 2.20. The van der Waals surface area contributed by atoms with Crippen LogP contribution in [0.15, 0.2) is 11.4 Å². The summed E-state index contributed by atoms with van der Waals surface area (Å²) >= 11 is 1.57. The maximum atomic E-state index is 11.2. The van der Waals surface area contributed by atoms with E-state index in [0.29, 0.717) is 26.2 Å². The molecule has 0 spiro atoms. The fraction of sp³-hybridized carbons (Fsp3) is 0.692. The minimum absolute atomic E-state index is 0.0416. The highest BCUT2D eigenvalue weighted by molar-refractivity contribution is 7.99. The number of aliphatic hydroxyl groups excluding tert-OH is 1. The third kappa shape index (κ3) is 5.52. The first-order valence-electron chi connectivity index (χ1n) is 6.65. The average Bonchev–Trinajstić information content (AvgIpc) is 2.83. The topological polar surface area (TPSA) is 73.6 Å². The summed E-state index contributed by atoms with van der Waals surface area (Å²) in [6, 6.07) is 0. The van der Waals surface area contributed by atoms with Crippen LogP contribution in [0.4, 0.5) is 0 Å². The Balaban J connectivity index is 2.42. The number of nitrogens with zero attached hydrogens (tertiary/aromatic N) is 2. The second-order valence-electron chi connectivity index (χ2n) is 4.09. The third-order valence-corrected chi connectivity index (χ3v) is 3.72. The lowest BCUT2D eigenvalue weighted by molar-refractivity contribution is -0.143. The van der Waals surface area contributed by atoms with Gasteiger partial charge in [0.15, 0.2) is 5.16 Å². The molecular formula is C13H22N2O4S. The molecule has 20 heavy (non-hydrogen) atoms. The lowest BCUT2D eigenvalue weighted by Crippen LogP contribution is -2.09. The van der Waals surface area contributed by atoms with Gasteiger partial charge >= 0.3 is 5.97 Å². The molecule has 1 aromatic rings. The first kappa shape index (κ1) is 17.0. The fourth-order valence-corrected chi connectivity index (χ4v) is 2.63. The molecule has 0 bridgehead atoms. The molecule has 0 radical (unpaired) electrons. The zero-order valence-corrected chi connectivity index (χ0v) is 12.8. The summed E-state index contributed by atoms with van der Waals surface area (Å²) in [5, 5.41) is 10.1. The quantitative estimate of drug-likeness (QED) is 0.401. The molecule has 114 valence electrons. The Morgan fingerprint density at radius 2 is 2.35 bits per heavy atom. The zero-order valence-electron chi connectivity index (χ0n) is 12.0. The second kappa shape index (κ2) is 9.79. The van der Waals surface area contributed by atoms with E-state index in [-0.39, 0.29) is 12.6 Å². The second-order valence-corrected chi connectivity index (χ2v) is 5.15. The van der Waals surface area contributed by atoms with Crippen molar-refractivity contribution in [1.29, 1.82) is 0 Å². The predicted molar refractivity (Wildman–Crippen MR) is 76.6 cm³/mol. The van der Waals surface area contributed by atoms with Gasteiger partial charge in [-0.3, -0.25) is 4.79 Å². The standard InChI is InChI=1S/C13H22N2O4S/c1-3-19-12(17)5-4-8-20-13-14-9-11(10-16)15(13)6-7-18-2/h9,16H,3-8,10H2,1-2H3. The van der Waals surface area contributed by atoms with Crippen LogP contribution in [0.3, 0.4) is 0 Å². The lowest BCUT2D eigenvalue weighted by Gasteiger charge is -2.09. The molecule has 0 saturated heterocycles. The molecule has 1 N–H and O–H groups in total. The highest BCUT2D eigenvalue weighted by atomic mass is 32.2. The molecular weight excluding hydrogens is 280 g/mol. The number of methoxy groups -OCH3 is 1. The summed E-state index contributed by atoms with van der Waals surface area (Å²) in [5.41, 5.74) is 0.773. The number of esters is 1. The smallest absolute Gasteiger partial charge is 0.305 e. The van der Waals surface area contributed by atoms with Crippen molar-refractivity contribution < 1.29 is 19.4 Å². The maximum absolute atomic E-state index is 11.2. The summed E-state index contributed by atoms with van der Waals surface area (Å²) in [7, 11) is 1.64. The van der Waals surface area contributed by atoms with E-state index < -0.39 is 0 Å². The van der Waals surface area contributed by atoms with Crippen LogP contribution < -0.4 is 0 Å². The van der Waals surface area contributed by atoms with Crippen molar-refractivity contribution in [3.8, 4) is 0 Å². The van der Waals surface area contributed by atoms with Crippen molar-refractivity contribution in [2.45, 2.75) is 38.1 Å². The maximum Gasteiger partial charge on any atom is 0.305 e. The van der Waals surface area contributed by atoms with Crippen molar-refractivity contribution in [2.75, 3.05) is 26.1 Å². The Bertz CT molecular complexity index is 409. The summed E-state index contributed by atoms with van der Waals surface area (Å²) < 4.78 is 11.9. The van der Waals surface area contributed by atoms with E-state index in [1.165, 1.54) is 0 Å². The summed E-state index contributed by atoms with van der Waals surface area (Å²) in [4.78, 5) is 15.5. The van der Waals surface area contributed by atoms with E-state index in [0.717, 1.165) is 23.0 Å². The van der Waals surface area contributed by atoms with Crippen LogP contribution in [0.5, 0.6) is 0 Å². The van der Waals surface area contributed by atoms with Crippen molar-refractivity contribution in [1.82, 2.24) is 9.55 Å². The third-order valence-electron chi connectivity index (χ3n) is 2.64. The van der Waals surface area contributed by atoms with E-state index >= 15 is 0 Å². The molecule has 1 heterocycles. The van der Waals surface area contributed by atoms with Crippen LogP contribution >= 0.6 is 11.8 Å². The molecule has 0 unspecified atom stereocenters. The number of imidazole rings is 1. The lowest BCUT2D eigenvalue weighted by atomic mass is 10.3. The van der Waals surface area contributed by atoms with E-state index in [2.05, 4.69) is 4.98 Å². The number of hydrogen-bond acceptors (Lipinski definition) is 6. The van der Waals surface area contributed by atoms with Gasteiger partial charge in [0.1, 0.15) is 0 Å². The Hall–Kier alpha value is -1.05. The Morgan fingerprint density at radius 3 is 3.00 bits per heavy atom. The number of ether oxygens (including phenoxy) is 2. The SMILES string of the molecule is CCOC(=O)CCCSc1ncc(CO)n1CCOC. The molecule has 0 fully saturated rings. The zero-order chi connectivity index (χ0) is 14.8. The van der Waals surface area contributed by atoms with Gasteiger partial charge in [-0.15, -0.1) is 0 Å². The summed E-state index contributed by atoms with van der Waals surface area (Å²) in [6.07, 6.45) is 2.84. The van der Waals surface area contributed by atoms with Crippen molar-refractivity contribution in [2.24, 2.45) is 0 Å². The van der Waals surface area contributed by atoms with Gasteiger partial charge < -0.3 is 19.1 Å². The molecule has 0 saturated carbocycles. The van der Waals surface area contributed by atoms with Crippen LogP contribution in [-0.4, -0.2) is 46.7 Å². The molecule has 1 aromatic heterocycles. The molecule has 0 amide bonds. The summed E-state index contributed by atoms with van der Waals surface area (Å²) in [6.45, 7) is 3.41. The Labute approximate surface area is 123 Å². The number of carbonyl (C=O) groups is 1. The van der Waals surface area contributed by atoms with Gasteiger partial charge in [0, 0.05) is 25.8 Å². The number of aromatic nitrogens is 2. The fourth-order valence-electron chi connectivity index (χ4n) is 1.67. The molecule has 7 heteroatoms. The van der Waals surface area contributed by atoms with Gasteiger partial charge in [-0.2, -0.15) is 0 Å². The number of carbonyl (C=O) groups excluding carboxylic acids is 1. The number of aliphatic hydroxyl groups is 1. The van der Waals surface area contributed by atoms with Gasteiger partial charge in [0.2, 0.25) is 0 Å². The molecule has 0 aromatic carbocycles. The van der Waals surface area contributed by atoms with Gasteiger partial charge in [-0.25, -0.2) is 4.98 Å². The van der Waals surface area contributed by atoms with Crippen molar-refractivity contribution in [3.63, 3.8) is 0 Å². The average molecular weight is 302 g/mol. The van der Waals surface area contributed by atoms with E-state index in [1.54, 1.807) is 32.0 Å². The van der Waals surface area contributed by atoms with Gasteiger partial charge in [-0.1, -0.05) is 11.8 Å². The van der Waals surface area contributed by atoms with Crippen LogP contribution in [-0.2, 0) is 27.4 Å². The highest BCUT2D eigenvalue weighted by Gasteiger charge is 2.10. The molecule has 0 aliphatic heterocycles. The van der Waals surface area contributed by atoms with Gasteiger partial charge in [0.25, 0.3) is 0 Å². The van der Waals surface area contributed by atoms with Crippen molar-refractivity contribution >= 4 is 17.7 Å². The van der Waals surface area contributed by atoms with Crippen LogP contribution in [0.25, 0.3) is 0 Å². The minimum atomic E-state index is -0.160. The Kier molecular flexibility index (Phi) is 8.32. The van der Waals surface area contributed by atoms with E-state index in [4.69, 9.17) is 9.47 Å². The predicted octanol–water partition coefficient (Wildman–Crippen LogP) is 1.46. The van der Waals surface area contributed by atoms with Gasteiger partial charge in [-0.05, 0) is 13.3 Å². The van der Waals surface area contributed by atoms with Crippen molar-refractivity contribution in [3.05, 3.63) is 11.9 Å². The Morgan fingerprint density at radius 1 is 1.55 bits per heavy atom. The molecule has 0 aliphatic carbocycles. The van der Waals surface area contributed by atoms with Gasteiger partial charge in [0.05, 0.1) is 31.7 Å². The normalized spacial score (nSPS) is 10.8. The monoisotopic (exact) mass is 302 g/mol. The number of hydrogen-bond donors (Lipinski definition) is 1. The van der Waals surface area contributed by atoms with Crippen LogP contribution in [0.2, 0.25) is 0 Å². The first-order chi connectivity index (χ1) is 9.72.